The van der Waals surface area contributed by atoms with E-state index in [9.17, 15) is 14.4 Å². The van der Waals surface area contributed by atoms with Crippen LogP contribution in [0.25, 0.3) is 0 Å². The van der Waals surface area contributed by atoms with Gasteiger partial charge in [-0.05, 0) is 27.2 Å². The van der Waals surface area contributed by atoms with Crippen molar-refractivity contribution in [1.82, 2.24) is 0 Å². The van der Waals surface area contributed by atoms with Crippen molar-refractivity contribution in [2.45, 2.75) is 32.8 Å². The van der Waals surface area contributed by atoms with Gasteiger partial charge in [-0.25, -0.2) is 4.79 Å². The van der Waals surface area contributed by atoms with Crippen molar-refractivity contribution in [3.63, 3.8) is 0 Å². The molecule has 0 rings (SSSR count). The van der Waals surface area contributed by atoms with Gasteiger partial charge in [0.2, 0.25) is 0 Å². The van der Waals surface area contributed by atoms with Gasteiger partial charge >= 0.3 is 17.9 Å². The minimum atomic E-state index is -1.30. The van der Waals surface area contributed by atoms with Crippen molar-refractivity contribution in [3.8, 4) is 0 Å². The number of hydrogen-bond donors (Lipinski definition) is 2. The number of rotatable bonds is 6. The summed E-state index contributed by atoms with van der Waals surface area (Å²) in [7, 11) is 0. The fourth-order valence-corrected chi connectivity index (χ4v) is 1.10. The van der Waals surface area contributed by atoms with E-state index in [1.807, 2.05) is 0 Å². The predicted octanol–water partition coefficient (Wildman–Crippen LogP) is 1.62. The first kappa shape index (κ1) is 16.9. The van der Waals surface area contributed by atoms with Crippen molar-refractivity contribution in [3.05, 3.63) is 24.3 Å². The number of hydrogen-bond acceptors (Lipinski definition) is 4. The molecule has 0 bridgehead atoms. The van der Waals surface area contributed by atoms with Gasteiger partial charge in [0.05, 0.1) is 0 Å². The van der Waals surface area contributed by atoms with Crippen LogP contribution in [0.2, 0.25) is 0 Å². The summed E-state index contributed by atoms with van der Waals surface area (Å²) in [6.45, 7) is 4.94. The molecule has 19 heavy (non-hydrogen) atoms. The summed E-state index contributed by atoms with van der Waals surface area (Å²) in [5.41, 5.74) is -0.752. The van der Waals surface area contributed by atoms with Gasteiger partial charge in [-0.15, -0.1) is 0 Å². The Bertz CT molecular complexity index is 400. The van der Waals surface area contributed by atoms with E-state index in [1.54, 1.807) is 20.8 Å². The summed E-state index contributed by atoms with van der Waals surface area (Å²) >= 11 is 0. The Kier molecular flexibility index (Phi) is 6.54. The maximum atomic E-state index is 11.6. The third kappa shape index (κ3) is 8.59. The third-order valence-corrected chi connectivity index (χ3v) is 1.85. The molecule has 1 unspecified atom stereocenters. The fourth-order valence-electron chi connectivity index (χ4n) is 1.10. The smallest absolute Gasteiger partial charge is 0.328 e. The van der Waals surface area contributed by atoms with Crippen LogP contribution in [0.1, 0.15) is 27.2 Å². The van der Waals surface area contributed by atoms with Gasteiger partial charge in [0.25, 0.3) is 0 Å². The number of allylic oxidation sites excluding steroid dienone is 3. The Labute approximate surface area is 111 Å². The average molecular weight is 270 g/mol. The van der Waals surface area contributed by atoms with Crippen LogP contribution in [0, 0.1) is 5.92 Å². The van der Waals surface area contributed by atoms with Gasteiger partial charge in [0.1, 0.15) is 5.60 Å². The molecule has 0 radical (unpaired) electrons. The molecule has 0 aromatic carbocycles. The monoisotopic (exact) mass is 270 g/mol. The van der Waals surface area contributed by atoms with Crippen LogP contribution in [0.3, 0.4) is 0 Å². The number of carboxylic acids is 2. The van der Waals surface area contributed by atoms with E-state index >= 15 is 0 Å². The Balaban J connectivity index is 4.55. The molecular formula is C13H18O6. The lowest BCUT2D eigenvalue weighted by molar-refractivity contribution is -0.166. The Hall–Kier alpha value is -2.11. The summed E-state index contributed by atoms with van der Waals surface area (Å²) in [5.74, 6) is -4.49. The second-order valence-electron chi connectivity index (χ2n) is 4.79. The second-order valence-corrected chi connectivity index (χ2v) is 4.79. The minimum Gasteiger partial charge on any atom is -0.481 e. The predicted molar refractivity (Wildman–Crippen MR) is 67.5 cm³/mol. The zero-order chi connectivity index (χ0) is 15.1. The summed E-state index contributed by atoms with van der Waals surface area (Å²) in [5, 5.41) is 17.3. The van der Waals surface area contributed by atoms with Crippen LogP contribution in [0.4, 0.5) is 0 Å². The van der Waals surface area contributed by atoms with Gasteiger partial charge in [0, 0.05) is 6.08 Å². The van der Waals surface area contributed by atoms with Crippen molar-refractivity contribution in [2.75, 3.05) is 0 Å². The summed E-state index contributed by atoms with van der Waals surface area (Å²) in [4.78, 5) is 32.8. The van der Waals surface area contributed by atoms with Crippen LogP contribution >= 0.6 is 0 Å². The van der Waals surface area contributed by atoms with Gasteiger partial charge in [-0.1, -0.05) is 18.2 Å². The summed E-state index contributed by atoms with van der Waals surface area (Å²) < 4.78 is 4.99. The normalized spacial score (nSPS) is 13.6. The van der Waals surface area contributed by atoms with Crippen molar-refractivity contribution >= 4 is 17.9 Å². The average Bonchev–Trinajstić information content (AvgIpc) is 2.19. The maximum absolute atomic E-state index is 11.6. The highest BCUT2D eigenvalue weighted by molar-refractivity contribution is 5.94. The molecule has 0 aliphatic carbocycles. The second kappa shape index (κ2) is 7.35. The molecule has 0 aromatic rings. The van der Waals surface area contributed by atoms with E-state index in [0.29, 0.717) is 0 Å². The van der Waals surface area contributed by atoms with Crippen LogP contribution in [0.15, 0.2) is 24.3 Å². The molecule has 0 aromatic heterocycles. The molecule has 0 saturated carbocycles. The summed E-state index contributed by atoms with van der Waals surface area (Å²) in [6, 6.07) is 0. The first-order chi connectivity index (χ1) is 8.63. The number of aliphatic carboxylic acids is 2. The number of carboxylic acid groups (broad SMARTS) is 2. The van der Waals surface area contributed by atoms with E-state index in [4.69, 9.17) is 14.9 Å². The highest BCUT2D eigenvalue weighted by Gasteiger charge is 2.29. The molecular weight excluding hydrogens is 252 g/mol. The van der Waals surface area contributed by atoms with E-state index in [1.165, 1.54) is 18.2 Å². The van der Waals surface area contributed by atoms with Crippen LogP contribution < -0.4 is 0 Å². The molecule has 0 aliphatic rings. The quantitative estimate of drug-likeness (QED) is 0.329. The van der Waals surface area contributed by atoms with Gasteiger partial charge in [-0.2, -0.15) is 0 Å². The Morgan fingerprint density at radius 1 is 1.16 bits per heavy atom. The largest absolute Gasteiger partial charge is 0.481 e. The zero-order valence-electron chi connectivity index (χ0n) is 11.1. The molecule has 2 N–H and O–H groups in total. The lowest BCUT2D eigenvalue weighted by Crippen LogP contribution is -2.32. The van der Waals surface area contributed by atoms with E-state index in [-0.39, 0.29) is 6.42 Å². The molecule has 106 valence electrons. The van der Waals surface area contributed by atoms with Gasteiger partial charge in [-0.3, -0.25) is 9.59 Å². The molecule has 0 saturated heterocycles. The first-order valence-electron chi connectivity index (χ1n) is 5.65. The van der Waals surface area contributed by atoms with Crippen molar-refractivity contribution < 1.29 is 29.3 Å². The molecule has 0 spiro atoms. The molecule has 6 heteroatoms. The first-order valence-corrected chi connectivity index (χ1v) is 5.65. The number of carbonyl (C=O) groups is 3. The zero-order valence-corrected chi connectivity index (χ0v) is 11.1. The van der Waals surface area contributed by atoms with Crippen molar-refractivity contribution in [1.29, 1.82) is 0 Å². The van der Waals surface area contributed by atoms with E-state index in [2.05, 4.69) is 0 Å². The van der Waals surface area contributed by atoms with Gasteiger partial charge in [0.15, 0.2) is 5.92 Å². The summed E-state index contributed by atoms with van der Waals surface area (Å²) in [6.07, 6.45) is 4.86. The third-order valence-electron chi connectivity index (χ3n) is 1.85. The number of ether oxygens (including phenoxy) is 1. The van der Waals surface area contributed by atoms with E-state index < -0.39 is 29.4 Å². The lowest BCUT2D eigenvalue weighted by Gasteiger charge is -2.21. The highest BCUT2D eigenvalue weighted by atomic mass is 16.6. The number of esters is 1. The van der Waals surface area contributed by atoms with Crippen LogP contribution in [0.5, 0.6) is 0 Å². The lowest BCUT2D eigenvalue weighted by atomic mass is 10.1. The number of carbonyl (C=O) groups excluding carboxylic acids is 1. The van der Waals surface area contributed by atoms with Crippen LogP contribution in [-0.2, 0) is 19.1 Å². The molecule has 0 heterocycles. The van der Waals surface area contributed by atoms with Crippen molar-refractivity contribution in [2.24, 2.45) is 5.92 Å². The van der Waals surface area contributed by atoms with E-state index in [0.717, 1.165) is 6.08 Å². The fraction of sp³-hybridized carbons (Fsp3) is 0.462. The standard InChI is InChI=1S/C13H18O6/c1-13(2,3)19-12(18)9(11(16)17)7-5-4-6-8-10(14)15/h4-6,8-9H,7H2,1-3H3,(H,14,15)(H,16,17). The molecule has 0 fully saturated rings. The SMILES string of the molecule is CC(C)(C)OC(=O)C(CC=CC=CC(=O)O)C(=O)O. The molecule has 0 aliphatic heterocycles. The van der Waals surface area contributed by atoms with Crippen LogP contribution in [-0.4, -0.2) is 33.7 Å². The Morgan fingerprint density at radius 3 is 2.16 bits per heavy atom. The molecule has 6 nitrogen and oxygen atoms in total. The van der Waals surface area contributed by atoms with Gasteiger partial charge < -0.3 is 14.9 Å². The molecule has 0 amide bonds. The highest BCUT2D eigenvalue weighted by Crippen LogP contribution is 2.14. The molecule has 1 atom stereocenters. The minimum absolute atomic E-state index is 0.0613. The Morgan fingerprint density at radius 2 is 1.74 bits per heavy atom. The topological polar surface area (TPSA) is 101 Å². The maximum Gasteiger partial charge on any atom is 0.328 e.